The van der Waals surface area contributed by atoms with Gasteiger partial charge in [-0.25, -0.2) is 4.98 Å². The topological polar surface area (TPSA) is 64.3 Å². The molecule has 0 saturated carbocycles. The summed E-state index contributed by atoms with van der Waals surface area (Å²) in [6.45, 7) is 6.34. The zero-order valence-electron chi connectivity index (χ0n) is 17.3. The van der Waals surface area contributed by atoms with Crippen molar-refractivity contribution in [2.75, 3.05) is 6.61 Å². The number of hydrogen-bond donors (Lipinski definition) is 1. The number of ether oxygens (including phenoxy) is 1. The molecule has 0 aliphatic rings. The van der Waals surface area contributed by atoms with Crippen LogP contribution in [0.4, 0.5) is 0 Å². The predicted octanol–water partition coefficient (Wildman–Crippen LogP) is 4.49. The van der Waals surface area contributed by atoms with Crippen LogP contribution in [-0.2, 0) is 6.54 Å². The van der Waals surface area contributed by atoms with Crippen molar-refractivity contribution in [3.05, 3.63) is 81.2 Å². The number of aliphatic hydroxyl groups excluding tert-OH is 1. The third-order valence-corrected chi connectivity index (χ3v) is 6.10. The first-order valence-corrected chi connectivity index (χ1v) is 10.7. The molecule has 0 radical (unpaired) electrons. The fourth-order valence-corrected chi connectivity index (χ4v) is 4.30. The Morgan fingerprint density at radius 2 is 1.97 bits per heavy atom. The molecule has 154 valence electrons. The highest BCUT2D eigenvalue weighted by atomic mass is 32.1. The Bertz CT molecular complexity index is 1260. The minimum absolute atomic E-state index is 0.0988. The van der Waals surface area contributed by atoms with Gasteiger partial charge in [0, 0.05) is 10.9 Å². The Hall–Kier alpha value is -2.96. The molecule has 5 nitrogen and oxygen atoms in total. The highest BCUT2D eigenvalue weighted by molar-refractivity contribution is 7.17. The minimum Gasteiger partial charge on any atom is -0.491 e. The zero-order chi connectivity index (χ0) is 21.3. The summed E-state index contributed by atoms with van der Waals surface area (Å²) in [5.74, 6) is 0.699. The molecule has 1 N–H and O–H groups in total. The van der Waals surface area contributed by atoms with E-state index < -0.39 is 6.10 Å². The van der Waals surface area contributed by atoms with E-state index in [4.69, 9.17) is 4.74 Å². The zero-order valence-corrected chi connectivity index (χ0v) is 18.1. The molecule has 4 aromatic rings. The third-order valence-electron chi connectivity index (χ3n) is 5.22. The second kappa shape index (κ2) is 8.42. The SMILES string of the molecule is Cc1cccc(OC[C@@H](O)Cn2cnc3scc(-c4ccc(C)c(C)c4)c3c2=O)c1. The van der Waals surface area contributed by atoms with Gasteiger partial charge in [0.15, 0.2) is 0 Å². The molecule has 0 unspecified atom stereocenters. The van der Waals surface area contributed by atoms with Gasteiger partial charge in [0.05, 0.1) is 18.3 Å². The fraction of sp³-hybridized carbons (Fsp3) is 0.250. The van der Waals surface area contributed by atoms with Crippen LogP contribution in [0.2, 0.25) is 0 Å². The summed E-state index contributed by atoms with van der Waals surface area (Å²) >= 11 is 1.46. The second-order valence-electron chi connectivity index (χ2n) is 7.61. The summed E-state index contributed by atoms with van der Waals surface area (Å²) < 4.78 is 7.13. The van der Waals surface area contributed by atoms with Crippen molar-refractivity contribution in [3.8, 4) is 16.9 Å². The first kappa shape index (κ1) is 20.3. The number of fused-ring (bicyclic) bond motifs is 1. The minimum atomic E-state index is -0.828. The van der Waals surface area contributed by atoms with Crippen LogP contribution < -0.4 is 10.3 Å². The molecule has 4 rings (SSSR count). The van der Waals surface area contributed by atoms with Crippen molar-refractivity contribution in [2.45, 2.75) is 33.4 Å². The van der Waals surface area contributed by atoms with Crippen LogP contribution >= 0.6 is 11.3 Å². The Kier molecular flexibility index (Phi) is 5.70. The van der Waals surface area contributed by atoms with Gasteiger partial charge in [-0.1, -0.05) is 30.3 Å². The average Bonchev–Trinajstić information content (AvgIpc) is 3.16. The van der Waals surface area contributed by atoms with E-state index in [1.165, 1.54) is 33.4 Å². The van der Waals surface area contributed by atoms with Gasteiger partial charge in [-0.05, 0) is 55.2 Å². The highest BCUT2D eigenvalue weighted by Gasteiger charge is 2.16. The van der Waals surface area contributed by atoms with Crippen LogP contribution in [0, 0.1) is 20.8 Å². The maximum absolute atomic E-state index is 13.2. The summed E-state index contributed by atoms with van der Waals surface area (Å²) in [6, 6.07) is 13.8. The highest BCUT2D eigenvalue weighted by Crippen LogP contribution is 2.31. The number of thiophene rings is 1. The molecule has 0 aliphatic carbocycles. The second-order valence-corrected chi connectivity index (χ2v) is 8.47. The van der Waals surface area contributed by atoms with Crippen molar-refractivity contribution < 1.29 is 9.84 Å². The van der Waals surface area contributed by atoms with Crippen molar-refractivity contribution in [3.63, 3.8) is 0 Å². The Morgan fingerprint density at radius 3 is 2.73 bits per heavy atom. The van der Waals surface area contributed by atoms with Crippen LogP contribution in [-0.4, -0.2) is 27.4 Å². The monoisotopic (exact) mass is 420 g/mol. The van der Waals surface area contributed by atoms with Crippen molar-refractivity contribution >= 4 is 21.6 Å². The van der Waals surface area contributed by atoms with E-state index in [9.17, 15) is 9.90 Å². The fourth-order valence-electron chi connectivity index (χ4n) is 3.40. The van der Waals surface area contributed by atoms with E-state index in [0.717, 1.165) is 16.7 Å². The number of nitrogens with zero attached hydrogens (tertiary/aromatic N) is 2. The van der Waals surface area contributed by atoms with Gasteiger partial charge in [0.25, 0.3) is 5.56 Å². The Morgan fingerprint density at radius 1 is 1.13 bits per heavy atom. The number of aliphatic hydroxyl groups is 1. The van der Waals surface area contributed by atoms with Crippen molar-refractivity contribution in [1.82, 2.24) is 9.55 Å². The number of aryl methyl sites for hydroxylation is 3. The molecule has 0 saturated heterocycles. The summed E-state index contributed by atoms with van der Waals surface area (Å²) in [7, 11) is 0. The lowest BCUT2D eigenvalue weighted by Gasteiger charge is -2.14. The van der Waals surface area contributed by atoms with Gasteiger partial charge in [0.2, 0.25) is 0 Å². The molecule has 2 heterocycles. The Labute approximate surface area is 179 Å². The number of hydrogen-bond acceptors (Lipinski definition) is 5. The van der Waals surface area contributed by atoms with E-state index in [1.54, 1.807) is 0 Å². The van der Waals surface area contributed by atoms with E-state index >= 15 is 0 Å². The Balaban J connectivity index is 1.58. The molecule has 0 fully saturated rings. The average molecular weight is 421 g/mol. The maximum atomic E-state index is 13.2. The van der Waals surface area contributed by atoms with Gasteiger partial charge in [-0.15, -0.1) is 11.3 Å². The van der Waals surface area contributed by atoms with Crippen LogP contribution in [0.1, 0.15) is 16.7 Å². The molecular formula is C24H24N2O3S. The molecule has 1 atom stereocenters. The lowest BCUT2D eigenvalue weighted by Crippen LogP contribution is -2.30. The quantitative estimate of drug-likeness (QED) is 0.499. The number of rotatable bonds is 6. The first-order chi connectivity index (χ1) is 14.4. The van der Waals surface area contributed by atoms with Gasteiger partial charge in [-0.3, -0.25) is 9.36 Å². The van der Waals surface area contributed by atoms with E-state index in [0.29, 0.717) is 16.0 Å². The van der Waals surface area contributed by atoms with E-state index in [2.05, 4.69) is 31.0 Å². The molecular weight excluding hydrogens is 396 g/mol. The normalized spacial score (nSPS) is 12.3. The number of aromatic nitrogens is 2. The van der Waals surface area contributed by atoms with Crippen molar-refractivity contribution in [1.29, 1.82) is 0 Å². The summed E-state index contributed by atoms with van der Waals surface area (Å²) in [6.07, 6.45) is 0.674. The lowest BCUT2D eigenvalue weighted by atomic mass is 10.0. The molecule has 0 bridgehead atoms. The largest absolute Gasteiger partial charge is 0.491 e. The van der Waals surface area contributed by atoms with Crippen LogP contribution in [0.5, 0.6) is 5.75 Å². The van der Waals surface area contributed by atoms with Gasteiger partial charge < -0.3 is 9.84 Å². The van der Waals surface area contributed by atoms with Gasteiger partial charge in [0.1, 0.15) is 23.3 Å². The smallest absolute Gasteiger partial charge is 0.262 e. The molecule has 30 heavy (non-hydrogen) atoms. The van der Waals surface area contributed by atoms with Crippen LogP contribution in [0.15, 0.2) is 59.0 Å². The molecule has 6 heteroatoms. The number of benzene rings is 2. The molecule has 2 aromatic heterocycles. The lowest BCUT2D eigenvalue weighted by molar-refractivity contribution is 0.0914. The van der Waals surface area contributed by atoms with Crippen LogP contribution in [0.3, 0.4) is 0 Å². The molecule has 0 amide bonds. The van der Waals surface area contributed by atoms with E-state index in [1.807, 2.05) is 42.6 Å². The van der Waals surface area contributed by atoms with Crippen LogP contribution in [0.25, 0.3) is 21.3 Å². The first-order valence-electron chi connectivity index (χ1n) is 9.84. The van der Waals surface area contributed by atoms with Crippen molar-refractivity contribution in [2.24, 2.45) is 0 Å². The molecule has 0 spiro atoms. The standard InChI is InChI=1S/C24H24N2O3S/c1-15-5-4-6-20(9-15)29-12-19(27)11-26-14-25-23-22(24(26)28)21(13-30-23)18-8-7-16(2)17(3)10-18/h4-10,13-14,19,27H,11-12H2,1-3H3/t19-/m0/s1. The summed E-state index contributed by atoms with van der Waals surface area (Å²) in [5, 5.41) is 13.0. The third kappa shape index (κ3) is 4.15. The summed E-state index contributed by atoms with van der Waals surface area (Å²) in [4.78, 5) is 18.3. The van der Waals surface area contributed by atoms with Gasteiger partial charge in [-0.2, -0.15) is 0 Å². The molecule has 0 aliphatic heterocycles. The van der Waals surface area contributed by atoms with Gasteiger partial charge >= 0.3 is 0 Å². The summed E-state index contributed by atoms with van der Waals surface area (Å²) in [5.41, 5.74) is 5.22. The van der Waals surface area contributed by atoms with E-state index in [-0.39, 0.29) is 18.7 Å². The molecule has 2 aromatic carbocycles. The predicted molar refractivity (Wildman–Crippen MR) is 121 cm³/mol. The maximum Gasteiger partial charge on any atom is 0.262 e.